The SMILES string of the molecule is COc1cc2c(Oc3ccc4c(c3)c(C)c(C)n4C(=O)OC(C)(C)C)ncnc2cc1OCc1ccccc1. The average Bonchev–Trinajstić information content (AvgIpc) is 3.16. The van der Waals surface area contributed by atoms with Crippen molar-refractivity contribution >= 4 is 27.9 Å². The van der Waals surface area contributed by atoms with Crippen LogP contribution >= 0.6 is 0 Å². The molecular formula is C31H31N3O5. The van der Waals surface area contributed by atoms with Crippen LogP contribution in [0.1, 0.15) is 37.6 Å². The number of ether oxygens (including phenoxy) is 4. The number of aryl methyl sites for hydroxylation is 1. The second-order valence-corrected chi connectivity index (χ2v) is 10.3. The van der Waals surface area contributed by atoms with Gasteiger partial charge in [0.05, 0.1) is 23.5 Å². The molecule has 0 spiro atoms. The van der Waals surface area contributed by atoms with Crippen LogP contribution in [0.4, 0.5) is 4.79 Å². The third-order valence-corrected chi connectivity index (χ3v) is 6.40. The Hall–Kier alpha value is -4.59. The van der Waals surface area contributed by atoms with Gasteiger partial charge in [-0.15, -0.1) is 0 Å². The Morgan fingerprint density at radius 2 is 1.69 bits per heavy atom. The Morgan fingerprint density at radius 3 is 2.41 bits per heavy atom. The molecule has 0 radical (unpaired) electrons. The van der Waals surface area contributed by atoms with Gasteiger partial charge >= 0.3 is 6.09 Å². The highest BCUT2D eigenvalue weighted by atomic mass is 16.6. The molecule has 5 aromatic rings. The van der Waals surface area contributed by atoms with Gasteiger partial charge in [0.25, 0.3) is 0 Å². The van der Waals surface area contributed by atoms with E-state index < -0.39 is 11.7 Å². The molecule has 0 saturated carbocycles. The molecule has 0 fully saturated rings. The van der Waals surface area contributed by atoms with Gasteiger partial charge in [0.2, 0.25) is 5.88 Å². The largest absolute Gasteiger partial charge is 0.493 e. The standard InChI is InChI=1S/C31H31N3O5/c1-19-20(2)34(30(35)39-31(3,4)5)26-13-12-22(14-23(19)26)38-29-24-15-27(36-6)28(16-25(24)32-18-33-29)37-17-21-10-8-7-9-11-21/h7-16,18H,17H2,1-6H3. The molecule has 0 N–H and O–H groups in total. The summed E-state index contributed by atoms with van der Waals surface area (Å²) in [7, 11) is 1.59. The van der Waals surface area contributed by atoms with Crippen molar-refractivity contribution in [3.63, 3.8) is 0 Å². The van der Waals surface area contributed by atoms with Crippen molar-refractivity contribution in [3.05, 3.63) is 83.8 Å². The minimum Gasteiger partial charge on any atom is -0.493 e. The maximum absolute atomic E-state index is 12.9. The lowest BCUT2D eigenvalue weighted by Gasteiger charge is -2.20. The van der Waals surface area contributed by atoms with Gasteiger partial charge in [-0.05, 0) is 70.0 Å². The molecular weight excluding hydrogens is 494 g/mol. The first kappa shape index (κ1) is 26.0. The number of hydrogen-bond donors (Lipinski definition) is 0. The fraction of sp³-hybridized carbons (Fsp3) is 0.258. The fourth-order valence-corrected chi connectivity index (χ4v) is 4.40. The molecule has 0 saturated heterocycles. The van der Waals surface area contributed by atoms with Crippen molar-refractivity contribution in [1.82, 2.24) is 14.5 Å². The van der Waals surface area contributed by atoms with Crippen LogP contribution in [0.5, 0.6) is 23.1 Å². The van der Waals surface area contributed by atoms with E-state index in [-0.39, 0.29) is 0 Å². The first-order valence-corrected chi connectivity index (χ1v) is 12.7. The zero-order valence-corrected chi connectivity index (χ0v) is 22.9. The lowest BCUT2D eigenvalue weighted by molar-refractivity contribution is 0.0541. The normalized spacial score (nSPS) is 11.5. The van der Waals surface area contributed by atoms with E-state index in [0.29, 0.717) is 40.6 Å². The first-order chi connectivity index (χ1) is 18.6. The van der Waals surface area contributed by atoms with Gasteiger partial charge < -0.3 is 18.9 Å². The Kier molecular flexibility index (Phi) is 6.87. The van der Waals surface area contributed by atoms with Crippen LogP contribution in [-0.2, 0) is 11.3 Å². The van der Waals surface area contributed by atoms with E-state index >= 15 is 0 Å². The number of benzene rings is 3. The van der Waals surface area contributed by atoms with E-state index in [2.05, 4.69) is 9.97 Å². The van der Waals surface area contributed by atoms with Gasteiger partial charge in [-0.3, -0.25) is 0 Å². The van der Waals surface area contributed by atoms with Crippen LogP contribution in [0.15, 0.2) is 67.0 Å². The van der Waals surface area contributed by atoms with Crippen LogP contribution < -0.4 is 14.2 Å². The van der Waals surface area contributed by atoms with E-state index in [1.54, 1.807) is 11.7 Å². The number of fused-ring (bicyclic) bond motifs is 2. The fourth-order valence-electron chi connectivity index (χ4n) is 4.40. The third kappa shape index (κ3) is 5.36. The number of aromatic nitrogens is 3. The van der Waals surface area contributed by atoms with Crippen molar-refractivity contribution < 1.29 is 23.7 Å². The number of hydrogen-bond acceptors (Lipinski definition) is 7. The first-order valence-electron chi connectivity index (χ1n) is 12.7. The van der Waals surface area contributed by atoms with E-state index in [4.69, 9.17) is 18.9 Å². The molecule has 0 aliphatic heterocycles. The quantitative estimate of drug-likeness (QED) is 0.229. The van der Waals surface area contributed by atoms with E-state index in [0.717, 1.165) is 27.7 Å². The van der Waals surface area contributed by atoms with Gasteiger partial charge in [-0.2, -0.15) is 0 Å². The van der Waals surface area contributed by atoms with Crippen LogP contribution in [0.3, 0.4) is 0 Å². The average molecular weight is 526 g/mol. The Balaban J connectivity index is 1.47. The van der Waals surface area contributed by atoms with Crippen LogP contribution in [0.2, 0.25) is 0 Å². The minimum absolute atomic E-state index is 0.383. The molecule has 8 nitrogen and oxygen atoms in total. The number of carbonyl (C=O) groups excluding carboxylic acids is 1. The second-order valence-electron chi connectivity index (χ2n) is 10.3. The van der Waals surface area contributed by atoms with Crippen molar-refractivity contribution in [2.45, 2.75) is 46.8 Å². The Bertz CT molecular complexity index is 1670. The molecule has 0 bridgehead atoms. The summed E-state index contributed by atoms with van der Waals surface area (Å²) in [4.78, 5) is 21.7. The highest BCUT2D eigenvalue weighted by Gasteiger charge is 2.23. The van der Waals surface area contributed by atoms with Gasteiger partial charge in [0.1, 0.15) is 24.3 Å². The van der Waals surface area contributed by atoms with Crippen LogP contribution in [0, 0.1) is 13.8 Å². The van der Waals surface area contributed by atoms with Gasteiger partial charge in [-0.1, -0.05) is 30.3 Å². The molecule has 3 aromatic carbocycles. The third-order valence-electron chi connectivity index (χ3n) is 6.40. The van der Waals surface area contributed by atoms with Crippen LogP contribution in [-0.4, -0.2) is 33.3 Å². The summed E-state index contributed by atoms with van der Waals surface area (Å²) in [5, 5.41) is 1.57. The summed E-state index contributed by atoms with van der Waals surface area (Å²) < 4.78 is 25.1. The van der Waals surface area contributed by atoms with Gasteiger partial charge in [-0.25, -0.2) is 19.3 Å². The zero-order chi connectivity index (χ0) is 27.7. The molecule has 5 rings (SSSR count). The summed E-state index contributed by atoms with van der Waals surface area (Å²) in [5.41, 5.74) is 3.65. The molecule has 2 aromatic heterocycles. The summed E-state index contributed by atoms with van der Waals surface area (Å²) in [6, 6.07) is 19.1. The minimum atomic E-state index is -0.599. The molecule has 2 heterocycles. The number of carbonyl (C=O) groups is 1. The highest BCUT2D eigenvalue weighted by molar-refractivity contribution is 5.94. The Morgan fingerprint density at radius 1 is 0.923 bits per heavy atom. The Labute approximate surface area is 227 Å². The van der Waals surface area contributed by atoms with Crippen molar-refractivity contribution in [1.29, 1.82) is 0 Å². The molecule has 0 amide bonds. The van der Waals surface area contributed by atoms with Crippen molar-refractivity contribution in [2.24, 2.45) is 0 Å². The molecule has 0 aliphatic rings. The lowest BCUT2D eigenvalue weighted by atomic mass is 10.1. The highest BCUT2D eigenvalue weighted by Crippen LogP contribution is 2.37. The molecule has 200 valence electrons. The lowest BCUT2D eigenvalue weighted by Crippen LogP contribution is -2.27. The number of methoxy groups -OCH3 is 1. The molecule has 39 heavy (non-hydrogen) atoms. The van der Waals surface area contributed by atoms with E-state index in [1.807, 2.05) is 95.3 Å². The van der Waals surface area contributed by atoms with Gasteiger partial charge in [0, 0.05) is 17.1 Å². The van der Waals surface area contributed by atoms with E-state index in [1.165, 1.54) is 6.33 Å². The number of rotatable bonds is 6. The molecule has 0 aliphatic carbocycles. The summed E-state index contributed by atoms with van der Waals surface area (Å²) in [6.45, 7) is 9.84. The predicted molar refractivity (Wildman–Crippen MR) is 150 cm³/mol. The summed E-state index contributed by atoms with van der Waals surface area (Å²) in [5.74, 6) is 2.09. The summed E-state index contributed by atoms with van der Waals surface area (Å²) in [6.07, 6.45) is 1.05. The molecule has 0 unspecified atom stereocenters. The maximum Gasteiger partial charge on any atom is 0.419 e. The number of nitrogens with zero attached hydrogens (tertiary/aromatic N) is 3. The molecule has 0 atom stereocenters. The van der Waals surface area contributed by atoms with Crippen molar-refractivity contribution in [3.8, 4) is 23.1 Å². The zero-order valence-electron chi connectivity index (χ0n) is 22.9. The van der Waals surface area contributed by atoms with Gasteiger partial charge in [0.15, 0.2) is 11.5 Å². The smallest absolute Gasteiger partial charge is 0.419 e. The summed E-state index contributed by atoms with van der Waals surface area (Å²) >= 11 is 0. The predicted octanol–water partition coefficient (Wildman–Crippen LogP) is 7.36. The molecule has 8 heteroatoms. The topological polar surface area (TPSA) is 84.7 Å². The van der Waals surface area contributed by atoms with E-state index in [9.17, 15) is 4.79 Å². The second kappa shape index (κ2) is 10.3. The maximum atomic E-state index is 12.9. The van der Waals surface area contributed by atoms with Crippen LogP contribution in [0.25, 0.3) is 21.8 Å². The van der Waals surface area contributed by atoms with Crippen molar-refractivity contribution in [2.75, 3.05) is 7.11 Å². The monoisotopic (exact) mass is 525 g/mol.